The molecule has 0 saturated carbocycles. The van der Waals surface area contributed by atoms with Crippen molar-refractivity contribution in [1.82, 2.24) is 4.70 Å². The standard InChI is InChI=1S/C10H9N3O2/c1-13(11-6-7-12-13)9-5-3-2-4-8(9)10(14)15/h2-7H,1H3/p+1. The summed E-state index contributed by atoms with van der Waals surface area (Å²) in [6.45, 7) is 0. The van der Waals surface area contributed by atoms with Crippen LogP contribution in [0.5, 0.6) is 0 Å². The SMILES string of the molecule is C[N+]1(c2ccccc2C(=O)O)N=CC=N1. The van der Waals surface area contributed by atoms with Gasteiger partial charge >= 0.3 is 5.97 Å². The predicted octanol–water partition coefficient (Wildman–Crippen LogP) is 1.31. The van der Waals surface area contributed by atoms with Crippen molar-refractivity contribution in [3.63, 3.8) is 0 Å². The fraction of sp³-hybridized carbons (Fsp3) is 0.100. The molecule has 76 valence electrons. The summed E-state index contributed by atoms with van der Waals surface area (Å²) < 4.78 is -0.0948. The van der Waals surface area contributed by atoms with E-state index in [1.165, 1.54) is 0 Å². The summed E-state index contributed by atoms with van der Waals surface area (Å²) in [4.78, 5) is 11.0. The van der Waals surface area contributed by atoms with Gasteiger partial charge in [-0.1, -0.05) is 22.3 Å². The number of hydrogen-bond donors (Lipinski definition) is 1. The second-order valence-corrected chi connectivity index (χ2v) is 3.26. The molecule has 0 fully saturated rings. The van der Waals surface area contributed by atoms with Crippen molar-refractivity contribution < 1.29 is 9.90 Å². The summed E-state index contributed by atoms with van der Waals surface area (Å²) in [5, 5.41) is 17.2. The fourth-order valence-corrected chi connectivity index (χ4v) is 1.50. The first-order valence-electron chi connectivity index (χ1n) is 4.43. The molecule has 0 atom stereocenters. The van der Waals surface area contributed by atoms with E-state index in [2.05, 4.69) is 10.2 Å². The molecular weight excluding hydrogens is 194 g/mol. The lowest BCUT2D eigenvalue weighted by molar-refractivity contribution is 0.0695. The first-order chi connectivity index (χ1) is 7.13. The lowest BCUT2D eigenvalue weighted by Gasteiger charge is -2.18. The maximum absolute atomic E-state index is 11.0. The van der Waals surface area contributed by atoms with Crippen molar-refractivity contribution in [2.24, 2.45) is 10.2 Å². The largest absolute Gasteiger partial charge is 0.477 e. The smallest absolute Gasteiger partial charge is 0.341 e. The highest BCUT2D eigenvalue weighted by molar-refractivity contribution is 6.17. The highest BCUT2D eigenvalue weighted by atomic mass is 16.4. The molecular formula is C10H10N3O2+. The zero-order chi connectivity index (χ0) is 10.9. The van der Waals surface area contributed by atoms with Crippen LogP contribution in [0.2, 0.25) is 0 Å². The van der Waals surface area contributed by atoms with Gasteiger partial charge in [0.25, 0.3) is 0 Å². The monoisotopic (exact) mass is 204 g/mol. The van der Waals surface area contributed by atoms with Gasteiger partial charge in [-0.15, -0.1) is 0 Å². The molecule has 1 aromatic rings. The van der Waals surface area contributed by atoms with Crippen LogP contribution in [0.1, 0.15) is 10.4 Å². The molecule has 0 saturated heterocycles. The van der Waals surface area contributed by atoms with Crippen LogP contribution in [0.3, 0.4) is 0 Å². The van der Waals surface area contributed by atoms with Crippen molar-refractivity contribution in [3.05, 3.63) is 29.8 Å². The Kier molecular flexibility index (Phi) is 2.09. The number of carboxylic acid groups (broad SMARTS) is 1. The van der Waals surface area contributed by atoms with Gasteiger partial charge in [0.05, 0.1) is 0 Å². The van der Waals surface area contributed by atoms with Crippen LogP contribution >= 0.6 is 0 Å². The molecule has 1 aliphatic rings. The maximum Gasteiger partial charge on any atom is 0.341 e. The van der Waals surface area contributed by atoms with E-state index >= 15 is 0 Å². The normalized spacial score (nSPS) is 16.9. The number of hydrogen-bond acceptors (Lipinski definition) is 3. The Labute approximate surface area is 86.5 Å². The Morgan fingerprint density at radius 2 is 1.87 bits per heavy atom. The number of carboxylic acids is 1. The van der Waals surface area contributed by atoms with Crippen LogP contribution in [0.15, 0.2) is 34.5 Å². The van der Waals surface area contributed by atoms with E-state index in [4.69, 9.17) is 5.11 Å². The Morgan fingerprint density at radius 1 is 1.27 bits per heavy atom. The van der Waals surface area contributed by atoms with Crippen molar-refractivity contribution in [3.8, 4) is 0 Å². The van der Waals surface area contributed by atoms with Crippen LogP contribution in [-0.4, -0.2) is 30.6 Å². The molecule has 1 aliphatic heterocycles. The summed E-state index contributed by atoms with van der Waals surface area (Å²) in [6, 6.07) is 6.71. The average Bonchev–Trinajstić information content (AvgIpc) is 2.66. The van der Waals surface area contributed by atoms with Crippen LogP contribution in [-0.2, 0) is 0 Å². The van der Waals surface area contributed by atoms with E-state index in [-0.39, 0.29) is 10.3 Å². The van der Waals surface area contributed by atoms with Gasteiger partial charge < -0.3 is 5.11 Å². The van der Waals surface area contributed by atoms with Crippen LogP contribution < -0.4 is 4.70 Å². The van der Waals surface area contributed by atoms with Gasteiger partial charge in [0.15, 0.2) is 0 Å². The highest BCUT2D eigenvalue weighted by Gasteiger charge is 2.31. The lowest BCUT2D eigenvalue weighted by Crippen LogP contribution is -2.31. The zero-order valence-corrected chi connectivity index (χ0v) is 8.16. The van der Waals surface area contributed by atoms with Crippen LogP contribution in [0.4, 0.5) is 5.69 Å². The van der Waals surface area contributed by atoms with E-state index in [9.17, 15) is 4.79 Å². The number of benzene rings is 1. The summed E-state index contributed by atoms with van der Waals surface area (Å²) in [7, 11) is 1.72. The number of aromatic carboxylic acids is 1. The molecule has 0 amide bonds. The topological polar surface area (TPSA) is 62.0 Å². The number of para-hydroxylation sites is 1. The Bertz CT molecular complexity index is 453. The first-order valence-corrected chi connectivity index (χ1v) is 4.43. The van der Waals surface area contributed by atoms with Crippen molar-refractivity contribution in [2.45, 2.75) is 0 Å². The summed E-state index contributed by atoms with van der Waals surface area (Å²) in [5.74, 6) is -0.970. The van der Waals surface area contributed by atoms with Crippen molar-refractivity contribution >= 4 is 24.1 Å². The molecule has 5 heteroatoms. The third-order valence-electron chi connectivity index (χ3n) is 2.24. The van der Waals surface area contributed by atoms with Gasteiger partial charge in [0.1, 0.15) is 25.0 Å². The lowest BCUT2D eigenvalue weighted by atomic mass is 10.2. The predicted molar refractivity (Wildman–Crippen MR) is 58.1 cm³/mol. The Hall–Kier alpha value is -2.01. The van der Waals surface area contributed by atoms with E-state index in [1.54, 1.807) is 43.7 Å². The van der Waals surface area contributed by atoms with Crippen LogP contribution in [0, 0.1) is 0 Å². The average molecular weight is 204 g/mol. The van der Waals surface area contributed by atoms with Gasteiger partial charge in [-0.2, -0.15) is 0 Å². The second-order valence-electron chi connectivity index (χ2n) is 3.26. The number of carbonyl (C=O) groups is 1. The van der Waals surface area contributed by atoms with Crippen molar-refractivity contribution in [2.75, 3.05) is 7.05 Å². The van der Waals surface area contributed by atoms with Crippen molar-refractivity contribution in [1.29, 1.82) is 0 Å². The Morgan fingerprint density at radius 3 is 2.47 bits per heavy atom. The third-order valence-corrected chi connectivity index (χ3v) is 2.24. The summed E-state index contributed by atoms with van der Waals surface area (Å²) in [6.07, 6.45) is 3.11. The van der Waals surface area contributed by atoms with Gasteiger partial charge in [-0.05, 0) is 10.8 Å². The van der Waals surface area contributed by atoms with Gasteiger partial charge in [-0.3, -0.25) is 0 Å². The highest BCUT2D eigenvalue weighted by Crippen LogP contribution is 2.27. The molecule has 2 rings (SSSR count). The minimum atomic E-state index is -0.970. The minimum Gasteiger partial charge on any atom is -0.477 e. The molecule has 1 N–H and O–H groups in total. The molecule has 1 aromatic carbocycles. The third kappa shape index (κ3) is 1.53. The first kappa shape index (κ1) is 9.54. The number of rotatable bonds is 2. The van der Waals surface area contributed by atoms with E-state index in [0.29, 0.717) is 5.69 Å². The van der Waals surface area contributed by atoms with Gasteiger partial charge in [0, 0.05) is 6.07 Å². The number of quaternary nitrogens is 1. The number of nitrogens with zero attached hydrogens (tertiary/aromatic N) is 3. The minimum absolute atomic E-state index is 0.0948. The second kappa shape index (κ2) is 3.29. The quantitative estimate of drug-likeness (QED) is 0.738. The molecule has 0 aromatic heterocycles. The maximum atomic E-state index is 11.0. The zero-order valence-electron chi connectivity index (χ0n) is 8.16. The van der Waals surface area contributed by atoms with E-state index < -0.39 is 5.97 Å². The molecule has 1 heterocycles. The van der Waals surface area contributed by atoms with Crippen LogP contribution in [0.25, 0.3) is 0 Å². The molecule has 0 aliphatic carbocycles. The molecule has 15 heavy (non-hydrogen) atoms. The van der Waals surface area contributed by atoms with Gasteiger partial charge in [0.2, 0.25) is 5.69 Å². The summed E-state index contributed by atoms with van der Waals surface area (Å²) >= 11 is 0. The van der Waals surface area contributed by atoms with E-state index in [1.807, 2.05) is 0 Å². The fourth-order valence-electron chi connectivity index (χ4n) is 1.50. The van der Waals surface area contributed by atoms with Gasteiger partial charge in [-0.25, -0.2) is 4.79 Å². The molecule has 0 unspecified atom stereocenters. The molecule has 0 spiro atoms. The summed E-state index contributed by atoms with van der Waals surface area (Å²) in [5.41, 5.74) is 0.770. The van der Waals surface area contributed by atoms with E-state index in [0.717, 1.165) is 0 Å². The molecule has 0 radical (unpaired) electrons. The molecule has 5 nitrogen and oxygen atoms in total. The molecule has 0 bridgehead atoms. The Balaban J connectivity index is 2.57.